The van der Waals surface area contributed by atoms with Crippen LogP contribution in [-0.2, 0) is 6.54 Å². The molecule has 1 aliphatic heterocycles. The number of piperidine rings is 1. The first kappa shape index (κ1) is 25.4. The Morgan fingerprint density at radius 1 is 1.00 bits per heavy atom. The van der Waals surface area contributed by atoms with Crippen LogP contribution < -0.4 is 10.3 Å². The molecule has 0 bridgehead atoms. The third kappa shape index (κ3) is 5.07. The van der Waals surface area contributed by atoms with Crippen LogP contribution in [0.5, 0.6) is 5.75 Å². The minimum absolute atomic E-state index is 0.148. The highest BCUT2D eigenvalue weighted by molar-refractivity contribution is 5.81. The number of benzene rings is 2. The lowest BCUT2D eigenvalue weighted by atomic mass is 9.88. The highest BCUT2D eigenvalue weighted by atomic mass is 16.5. The molecule has 0 N–H and O–H groups in total. The molecule has 9 heteroatoms. The van der Waals surface area contributed by atoms with Gasteiger partial charge < -0.3 is 9.64 Å². The van der Waals surface area contributed by atoms with Gasteiger partial charge in [-0.15, -0.1) is 0 Å². The minimum atomic E-state index is -0.148. The van der Waals surface area contributed by atoms with Crippen LogP contribution in [0.3, 0.4) is 0 Å². The van der Waals surface area contributed by atoms with Crippen molar-refractivity contribution in [3.63, 3.8) is 0 Å². The van der Waals surface area contributed by atoms with Crippen molar-refractivity contribution >= 4 is 16.8 Å². The molecule has 1 aliphatic carbocycles. The zero-order valence-electron chi connectivity index (χ0n) is 22.8. The predicted molar refractivity (Wildman–Crippen MR) is 156 cm³/mol. The molecular weight excluding hydrogens is 514 g/mol. The van der Waals surface area contributed by atoms with Crippen LogP contribution in [0.1, 0.15) is 43.2 Å². The third-order valence-electron chi connectivity index (χ3n) is 8.55. The lowest BCUT2D eigenvalue weighted by Gasteiger charge is -2.41. The zero-order valence-corrected chi connectivity index (χ0v) is 22.8. The van der Waals surface area contributed by atoms with Gasteiger partial charge in [-0.2, -0.15) is 5.26 Å². The molecule has 1 saturated heterocycles. The summed E-state index contributed by atoms with van der Waals surface area (Å²) in [5.41, 5.74) is 3.71. The fourth-order valence-electron chi connectivity index (χ4n) is 5.94. The van der Waals surface area contributed by atoms with Gasteiger partial charge >= 0.3 is 0 Å². The molecular formula is C32H31N7O2. The normalized spacial score (nSPS) is 16.6. The summed E-state index contributed by atoms with van der Waals surface area (Å²) >= 11 is 0. The van der Waals surface area contributed by atoms with Crippen LogP contribution >= 0.6 is 0 Å². The highest BCUT2D eigenvalue weighted by Crippen LogP contribution is 2.29. The second kappa shape index (κ2) is 10.8. The van der Waals surface area contributed by atoms with Crippen LogP contribution in [-0.4, -0.2) is 54.6 Å². The molecule has 0 radical (unpaired) electrons. The van der Waals surface area contributed by atoms with Gasteiger partial charge in [0.15, 0.2) is 11.6 Å². The fourth-order valence-corrected chi connectivity index (χ4v) is 5.94. The summed E-state index contributed by atoms with van der Waals surface area (Å²) in [5.74, 6) is 2.40. The number of nitriles is 1. The molecule has 1 saturated carbocycles. The second-order valence-electron chi connectivity index (χ2n) is 11.2. The number of ether oxygens (including phenoxy) is 1. The quantitative estimate of drug-likeness (QED) is 0.293. The van der Waals surface area contributed by atoms with Crippen molar-refractivity contribution in [1.82, 2.24) is 28.8 Å². The van der Waals surface area contributed by atoms with E-state index in [2.05, 4.69) is 25.9 Å². The molecule has 0 spiro atoms. The van der Waals surface area contributed by atoms with E-state index >= 15 is 0 Å². The Morgan fingerprint density at radius 3 is 2.59 bits per heavy atom. The van der Waals surface area contributed by atoms with Crippen LogP contribution in [0.2, 0.25) is 0 Å². The second-order valence-corrected chi connectivity index (χ2v) is 11.2. The third-order valence-corrected chi connectivity index (χ3v) is 8.55. The van der Waals surface area contributed by atoms with Crippen molar-refractivity contribution in [2.45, 2.75) is 44.7 Å². The predicted octanol–water partition coefficient (Wildman–Crippen LogP) is 4.67. The van der Waals surface area contributed by atoms with Gasteiger partial charge in [0.1, 0.15) is 0 Å². The summed E-state index contributed by atoms with van der Waals surface area (Å²) in [6.07, 6.45) is 11.7. The molecule has 2 fully saturated rings. The van der Waals surface area contributed by atoms with Crippen LogP contribution in [0.4, 0.5) is 0 Å². The summed E-state index contributed by atoms with van der Waals surface area (Å²) in [6.45, 7) is 3.41. The Bertz CT molecular complexity index is 1810. The number of hydrogen-bond acceptors (Lipinski definition) is 7. The van der Waals surface area contributed by atoms with E-state index in [9.17, 15) is 10.1 Å². The maximum absolute atomic E-state index is 12.9. The van der Waals surface area contributed by atoms with E-state index in [-0.39, 0.29) is 5.56 Å². The number of likely N-dealkylation sites (tertiary alicyclic amines) is 1. The number of imidazole rings is 1. The van der Waals surface area contributed by atoms with Gasteiger partial charge in [0.2, 0.25) is 5.78 Å². The van der Waals surface area contributed by atoms with Crippen molar-refractivity contribution in [3.8, 4) is 23.2 Å². The molecule has 7 rings (SSSR count). The van der Waals surface area contributed by atoms with Crippen molar-refractivity contribution in [2.24, 2.45) is 5.92 Å². The van der Waals surface area contributed by atoms with E-state index in [0.29, 0.717) is 42.0 Å². The summed E-state index contributed by atoms with van der Waals surface area (Å²) in [5, 5.41) is 9.29. The smallest absolute Gasteiger partial charge is 0.255 e. The summed E-state index contributed by atoms with van der Waals surface area (Å²) < 4.78 is 9.55. The lowest BCUT2D eigenvalue weighted by molar-refractivity contribution is 0.0707. The Labute approximate surface area is 237 Å². The molecule has 206 valence electrons. The van der Waals surface area contributed by atoms with E-state index in [1.165, 1.54) is 51.3 Å². The van der Waals surface area contributed by atoms with Crippen LogP contribution in [0, 0.1) is 17.2 Å². The molecule has 2 aliphatic rings. The molecule has 9 nitrogen and oxygen atoms in total. The van der Waals surface area contributed by atoms with Gasteiger partial charge in [-0.05, 0) is 74.5 Å². The number of fused-ring (bicyclic) bond motifs is 3. The summed E-state index contributed by atoms with van der Waals surface area (Å²) in [6, 6.07) is 17.7. The van der Waals surface area contributed by atoms with E-state index in [4.69, 9.17) is 4.74 Å². The number of hydrogen-bond donors (Lipinski definition) is 0. The minimum Gasteiger partial charge on any atom is -0.490 e. The van der Waals surface area contributed by atoms with Crippen molar-refractivity contribution in [3.05, 3.63) is 88.6 Å². The largest absolute Gasteiger partial charge is 0.490 e. The number of aromatic nitrogens is 5. The summed E-state index contributed by atoms with van der Waals surface area (Å²) in [4.78, 5) is 29.4. The van der Waals surface area contributed by atoms with Crippen molar-refractivity contribution in [2.75, 3.05) is 19.7 Å². The van der Waals surface area contributed by atoms with Crippen molar-refractivity contribution in [1.29, 1.82) is 5.26 Å². The lowest BCUT2D eigenvalue weighted by Crippen LogP contribution is -2.45. The van der Waals surface area contributed by atoms with Crippen LogP contribution in [0.25, 0.3) is 28.2 Å². The molecule has 5 aromatic rings. The van der Waals surface area contributed by atoms with Gasteiger partial charge in [0.05, 0.1) is 48.2 Å². The van der Waals surface area contributed by atoms with Gasteiger partial charge in [0.25, 0.3) is 5.56 Å². The average Bonchev–Trinajstić information content (AvgIpc) is 3.36. The highest BCUT2D eigenvalue weighted by Gasteiger charge is 2.28. The fraction of sp³-hybridized carbons (Fsp3) is 0.344. The molecule has 0 amide bonds. The molecule has 4 heterocycles. The maximum Gasteiger partial charge on any atom is 0.255 e. The Hall–Kier alpha value is -4.55. The molecule has 3 aromatic heterocycles. The first-order chi connectivity index (χ1) is 20.1. The summed E-state index contributed by atoms with van der Waals surface area (Å²) in [7, 11) is 0. The van der Waals surface area contributed by atoms with E-state index in [1.807, 2.05) is 28.7 Å². The Balaban J connectivity index is 1.04. The van der Waals surface area contributed by atoms with Crippen LogP contribution in [0.15, 0.2) is 71.9 Å². The molecule has 2 aromatic carbocycles. The van der Waals surface area contributed by atoms with E-state index < -0.39 is 0 Å². The van der Waals surface area contributed by atoms with E-state index in [1.54, 1.807) is 41.4 Å². The Kier molecular flexibility index (Phi) is 6.69. The standard InChI is InChI=1S/C32H31N7O2/c33-17-23-7-8-28-29(16-23)38-14-11-30(40)39(32(38)36-28)20-24-3-1-4-25(15-24)31-34-18-27(19-35-31)41-21-22-9-12-37(13-10-22)26-5-2-6-26/h1,3-4,7-8,11,14-16,18-19,22,26H,2,5-6,9-10,12-13,20-21H2. The SMILES string of the molecule is N#Cc1ccc2nc3n(Cc4cccc(-c5ncc(OCC6CCN(C7CCC7)CC6)cn5)c4)c(=O)ccn3c2c1. The van der Waals surface area contributed by atoms with E-state index in [0.717, 1.165) is 28.2 Å². The van der Waals surface area contributed by atoms with Gasteiger partial charge in [0, 0.05) is 23.9 Å². The van der Waals surface area contributed by atoms with Crippen molar-refractivity contribution < 1.29 is 4.74 Å². The number of rotatable bonds is 7. The first-order valence-corrected chi connectivity index (χ1v) is 14.3. The number of nitrogens with zero attached hydrogens (tertiary/aromatic N) is 7. The molecule has 41 heavy (non-hydrogen) atoms. The monoisotopic (exact) mass is 545 g/mol. The zero-order chi connectivity index (χ0) is 27.8. The molecule has 0 atom stereocenters. The van der Waals surface area contributed by atoms with Gasteiger partial charge in [-0.25, -0.2) is 15.0 Å². The first-order valence-electron chi connectivity index (χ1n) is 14.3. The van der Waals surface area contributed by atoms with Gasteiger partial charge in [-0.3, -0.25) is 13.8 Å². The van der Waals surface area contributed by atoms with Gasteiger partial charge in [-0.1, -0.05) is 24.6 Å². The Morgan fingerprint density at radius 2 is 1.83 bits per heavy atom. The maximum atomic E-state index is 12.9. The average molecular weight is 546 g/mol. The molecule has 0 unspecified atom stereocenters. The topological polar surface area (TPSA) is 101 Å².